The normalized spacial score (nSPS) is 12.0. The number of aliphatic carboxylic acids is 1. The Bertz CT molecular complexity index is 1100. The summed E-state index contributed by atoms with van der Waals surface area (Å²) in [6.45, 7) is -0.402. The Kier molecular flexibility index (Phi) is 7.13. The first-order valence-corrected chi connectivity index (χ1v) is 9.65. The molecule has 1 amide bonds. The molecule has 9 nitrogen and oxygen atoms in total. The van der Waals surface area contributed by atoms with Crippen molar-refractivity contribution in [2.24, 2.45) is 0 Å². The highest BCUT2D eigenvalue weighted by Crippen LogP contribution is 2.30. The Balaban J connectivity index is 1.80. The number of halogens is 2. The number of hydrogen-bond donors (Lipinski definition) is 4. The highest BCUT2D eigenvalue weighted by Gasteiger charge is 2.22. The lowest BCUT2D eigenvalue weighted by atomic mass is 10.0. The molecule has 0 aliphatic carbocycles. The van der Waals surface area contributed by atoms with E-state index in [0.717, 1.165) is 17.2 Å². The monoisotopic (exact) mass is 465 g/mol. The van der Waals surface area contributed by atoms with Crippen LogP contribution in [-0.4, -0.2) is 50.0 Å². The number of carboxylic acids is 1. The van der Waals surface area contributed by atoms with E-state index in [1.165, 1.54) is 5.01 Å². The molecule has 162 valence electrons. The maximum atomic E-state index is 12.3. The fraction of sp³-hybridized carbons (Fsp3) is 0.150. The third-order valence-corrected chi connectivity index (χ3v) is 4.75. The summed E-state index contributed by atoms with van der Waals surface area (Å²) in [5.74, 6) is -3.01. The minimum atomic E-state index is -1.76. The zero-order chi connectivity index (χ0) is 22.5. The molecule has 1 heterocycles. The molecule has 0 bridgehead atoms. The van der Waals surface area contributed by atoms with Crippen LogP contribution in [0.15, 0.2) is 53.1 Å². The van der Waals surface area contributed by atoms with Gasteiger partial charge in [-0.3, -0.25) is 10.2 Å². The Hall–Kier alpha value is -3.11. The molecular weight excluding hydrogens is 449 g/mol. The van der Waals surface area contributed by atoms with Gasteiger partial charge in [-0.25, -0.2) is 9.80 Å². The van der Waals surface area contributed by atoms with Crippen molar-refractivity contribution in [3.05, 3.63) is 69.9 Å². The highest BCUT2D eigenvalue weighted by molar-refractivity contribution is 6.34. The number of amides is 1. The first kappa shape index (κ1) is 22.6. The third kappa shape index (κ3) is 5.96. The van der Waals surface area contributed by atoms with Crippen LogP contribution < -0.4 is 5.43 Å². The average Bonchev–Trinajstić information content (AvgIpc) is 3.14. The van der Waals surface area contributed by atoms with Crippen LogP contribution in [0.25, 0.3) is 11.1 Å². The third-order valence-electron chi connectivity index (χ3n) is 4.20. The fourth-order valence-electron chi connectivity index (χ4n) is 2.78. The fourth-order valence-corrected chi connectivity index (χ4v) is 3.28. The van der Waals surface area contributed by atoms with Crippen LogP contribution in [0.4, 0.5) is 0 Å². The number of carboxylic acid groups (broad SMARTS) is 1. The number of benzene rings is 2. The van der Waals surface area contributed by atoms with E-state index in [1.54, 1.807) is 36.4 Å². The number of aromatic nitrogens is 1. The van der Waals surface area contributed by atoms with Crippen molar-refractivity contribution in [3.8, 4) is 17.0 Å². The second-order valence-corrected chi connectivity index (χ2v) is 7.39. The molecule has 0 saturated carbocycles. The van der Waals surface area contributed by atoms with E-state index in [4.69, 9.17) is 28.3 Å². The molecule has 1 atom stereocenters. The lowest BCUT2D eigenvalue weighted by molar-refractivity contribution is -0.148. The Morgan fingerprint density at radius 3 is 2.55 bits per heavy atom. The number of carbonyl (C=O) groups excluding carboxylic acids is 1. The molecule has 3 aromatic rings. The van der Waals surface area contributed by atoms with Crippen LogP contribution in [0.3, 0.4) is 0 Å². The van der Waals surface area contributed by atoms with Crippen molar-refractivity contribution in [1.82, 2.24) is 15.6 Å². The molecule has 0 radical (unpaired) electrons. The van der Waals surface area contributed by atoms with Gasteiger partial charge in [-0.2, -0.15) is 0 Å². The van der Waals surface area contributed by atoms with Crippen molar-refractivity contribution in [2.45, 2.75) is 12.6 Å². The van der Waals surface area contributed by atoms with Crippen molar-refractivity contribution in [2.75, 3.05) is 6.54 Å². The number of aromatic hydroxyl groups is 1. The molecule has 0 spiro atoms. The molecule has 0 fully saturated rings. The molecule has 1 unspecified atom stereocenters. The summed E-state index contributed by atoms with van der Waals surface area (Å²) >= 11 is 12.4. The van der Waals surface area contributed by atoms with Gasteiger partial charge in [-0.1, -0.05) is 47.5 Å². The summed E-state index contributed by atoms with van der Waals surface area (Å²) in [6, 6.07) is 13.3. The summed E-state index contributed by atoms with van der Waals surface area (Å²) in [7, 11) is 0. The Morgan fingerprint density at radius 2 is 1.94 bits per heavy atom. The highest BCUT2D eigenvalue weighted by atomic mass is 35.5. The van der Waals surface area contributed by atoms with E-state index < -0.39 is 30.4 Å². The first-order valence-electron chi connectivity index (χ1n) is 8.90. The Morgan fingerprint density at radius 1 is 1.16 bits per heavy atom. The van der Waals surface area contributed by atoms with Crippen molar-refractivity contribution < 1.29 is 29.4 Å². The summed E-state index contributed by atoms with van der Waals surface area (Å²) in [5, 5.41) is 33.3. The van der Waals surface area contributed by atoms with E-state index in [-0.39, 0.29) is 12.3 Å². The number of hydrogen-bond acceptors (Lipinski definition) is 7. The minimum Gasteiger partial charge on any atom is -0.491 e. The second kappa shape index (κ2) is 9.80. The van der Waals surface area contributed by atoms with Gasteiger partial charge in [0.15, 0.2) is 6.10 Å². The van der Waals surface area contributed by atoms with E-state index in [0.29, 0.717) is 15.6 Å². The van der Waals surface area contributed by atoms with Gasteiger partial charge in [0.25, 0.3) is 5.88 Å². The van der Waals surface area contributed by atoms with Crippen LogP contribution >= 0.6 is 23.2 Å². The smallest absolute Gasteiger partial charge is 0.333 e. The lowest BCUT2D eigenvalue weighted by Crippen LogP contribution is -2.47. The number of carbonyl (C=O) groups is 2. The van der Waals surface area contributed by atoms with Gasteiger partial charge >= 0.3 is 11.9 Å². The van der Waals surface area contributed by atoms with Gasteiger partial charge in [0.05, 0.1) is 12.6 Å². The number of nitrogens with zero attached hydrogens (tertiary/aromatic N) is 2. The summed E-state index contributed by atoms with van der Waals surface area (Å²) in [5.41, 5.74) is 4.62. The van der Waals surface area contributed by atoms with E-state index in [1.807, 2.05) is 6.07 Å². The SMILES string of the molecule is O=C(NN(Cc1ccc(-c2cccc(Cl)c2)c(Cl)c1)CC(O)C(=O)O)c1cc(O)no1. The number of aliphatic hydroxyl groups is 1. The van der Waals surface area contributed by atoms with Crippen molar-refractivity contribution in [1.29, 1.82) is 0 Å². The summed E-state index contributed by atoms with van der Waals surface area (Å²) in [4.78, 5) is 23.3. The van der Waals surface area contributed by atoms with Crippen LogP contribution in [0.1, 0.15) is 16.1 Å². The predicted octanol–water partition coefficient (Wildman–Crippen LogP) is 2.95. The van der Waals surface area contributed by atoms with Gasteiger partial charge in [0, 0.05) is 22.2 Å². The zero-order valence-electron chi connectivity index (χ0n) is 15.8. The molecule has 31 heavy (non-hydrogen) atoms. The maximum absolute atomic E-state index is 12.3. The number of nitrogens with one attached hydrogen (secondary N) is 1. The summed E-state index contributed by atoms with van der Waals surface area (Å²) in [6.07, 6.45) is -1.76. The quantitative estimate of drug-likeness (QED) is 0.372. The molecule has 2 aromatic carbocycles. The largest absolute Gasteiger partial charge is 0.491 e. The topological polar surface area (TPSA) is 136 Å². The number of hydrazine groups is 1. The molecule has 3 rings (SSSR count). The number of rotatable bonds is 8. The van der Waals surface area contributed by atoms with Gasteiger partial charge < -0.3 is 19.8 Å². The molecule has 0 aliphatic rings. The van der Waals surface area contributed by atoms with Crippen LogP contribution in [0.5, 0.6) is 5.88 Å². The van der Waals surface area contributed by atoms with Crippen LogP contribution in [-0.2, 0) is 11.3 Å². The van der Waals surface area contributed by atoms with Crippen LogP contribution in [0.2, 0.25) is 10.0 Å². The molecule has 4 N–H and O–H groups in total. The molecule has 0 saturated heterocycles. The van der Waals surface area contributed by atoms with Gasteiger partial charge in [-0.05, 0) is 34.5 Å². The summed E-state index contributed by atoms with van der Waals surface area (Å²) < 4.78 is 4.67. The molecule has 0 aliphatic heterocycles. The predicted molar refractivity (Wildman–Crippen MR) is 112 cm³/mol. The molecular formula is C20H17Cl2N3O6. The van der Waals surface area contributed by atoms with Crippen molar-refractivity contribution >= 4 is 35.1 Å². The molecule has 1 aromatic heterocycles. The second-order valence-electron chi connectivity index (χ2n) is 6.55. The standard InChI is InChI=1S/C20H17Cl2N3O6/c21-13-3-1-2-12(7-13)14-5-4-11(6-15(14)22)9-25(10-16(26)20(29)30)23-19(28)17-8-18(27)24-31-17/h1-8,16,26H,9-10H2,(H,23,28)(H,24,27)(H,29,30). The van der Waals surface area contributed by atoms with Gasteiger partial charge in [-0.15, -0.1) is 0 Å². The Labute approximate surface area is 186 Å². The van der Waals surface area contributed by atoms with E-state index in [9.17, 15) is 19.8 Å². The number of aliphatic hydroxyl groups excluding tert-OH is 1. The molecule has 11 heteroatoms. The lowest BCUT2D eigenvalue weighted by Gasteiger charge is -2.24. The van der Waals surface area contributed by atoms with Gasteiger partial charge in [0.1, 0.15) is 0 Å². The van der Waals surface area contributed by atoms with E-state index >= 15 is 0 Å². The van der Waals surface area contributed by atoms with E-state index in [2.05, 4.69) is 15.1 Å². The minimum absolute atomic E-state index is 0.0196. The average molecular weight is 466 g/mol. The van der Waals surface area contributed by atoms with Crippen LogP contribution in [0, 0.1) is 0 Å². The van der Waals surface area contributed by atoms with Crippen molar-refractivity contribution in [3.63, 3.8) is 0 Å². The first-order chi connectivity index (χ1) is 14.7. The van der Waals surface area contributed by atoms with Gasteiger partial charge in [0.2, 0.25) is 5.76 Å². The maximum Gasteiger partial charge on any atom is 0.333 e. The zero-order valence-corrected chi connectivity index (χ0v) is 17.3.